The molecule has 0 N–H and O–H groups in total. The minimum absolute atomic E-state index is 0.228. The van der Waals surface area contributed by atoms with Gasteiger partial charge in [0.15, 0.2) is 19.7 Å². The van der Waals surface area contributed by atoms with Crippen LogP contribution in [0.5, 0.6) is 0 Å². The lowest BCUT2D eigenvalue weighted by Crippen LogP contribution is -2.41. The van der Waals surface area contributed by atoms with Gasteiger partial charge in [-0.05, 0) is 69.6 Å². The molecule has 3 aliphatic rings. The smallest absolute Gasteiger partial charge is 0.399 e. The lowest BCUT2D eigenvalue weighted by atomic mass is 9.79. The van der Waals surface area contributed by atoms with Gasteiger partial charge in [-0.15, -0.1) is 0 Å². The second-order valence-corrected chi connectivity index (χ2v) is 16.5. The molecule has 0 spiro atoms. The lowest BCUT2D eigenvalue weighted by Gasteiger charge is -2.32. The predicted octanol–water partition coefficient (Wildman–Crippen LogP) is 2.90. The Morgan fingerprint density at radius 3 is 1.37 bits per heavy atom. The van der Waals surface area contributed by atoms with E-state index in [0.29, 0.717) is 26.2 Å². The molecule has 5 rings (SSSR count). The summed E-state index contributed by atoms with van der Waals surface area (Å²) in [6.07, 6.45) is 0. The summed E-state index contributed by atoms with van der Waals surface area (Å²) < 4.78 is 58.7. The highest BCUT2D eigenvalue weighted by atomic mass is 79.9. The fourth-order valence-electron chi connectivity index (χ4n) is 4.41. The van der Waals surface area contributed by atoms with Crippen molar-refractivity contribution in [3.8, 4) is 0 Å². The summed E-state index contributed by atoms with van der Waals surface area (Å²) in [4.78, 5) is 4.21. The highest BCUT2D eigenvalue weighted by molar-refractivity contribution is 9.10. The molecule has 0 bridgehead atoms. The Kier molecular flexibility index (Phi) is 8.60. The molecule has 8 nitrogen and oxygen atoms in total. The van der Waals surface area contributed by atoms with Gasteiger partial charge in [-0.25, -0.2) is 16.8 Å². The molecule has 3 heterocycles. The van der Waals surface area contributed by atoms with E-state index in [1.807, 2.05) is 76.2 Å². The van der Waals surface area contributed by atoms with Crippen LogP contribution in [0.2, 0.25) is 0 Å². The first-order chi connectivity index (χ1) is 17.7. The maximum absolute atomic E-state index is 11.5. The average molecular weight is 627 g/mol. The third-order valence-corrected chi connectivity index (χ3v) is 11.4. The van der Waals surface area contributed by atoms with Crippen molar-refractivity contribution in [1.82, 2.24) is 0 Å². The number of sulfone groups is 2. The monoisotopic (exact) mass is 626 g/mol. The van der Waals surface area contributed by atoms with Gasteiger partial charge in [0.2, 0.25) is 0 Å². The van der Waals surface area contributed by atoms with E-state index in [1.54, 1.807) is 0 Å². The van der Waals surface area contributed by atoms with E-state index < -0.39 is 19.7 Å². The molecule has 3 fully saturated rings. The standard InChI is InChI=1S/C16H24BNO4S.C10H12BrNO2S/c1-15(2)16(3,4)22-17(21-15)13-5-7-14(8-6-13)18-9-11-23(19,20)12-10-18;11-9-1-3-10(4-2-9)12-5-7-15(13,14)8-6-12/h5-8H,9-12H2,1-4H3;1-4H,5-8H2. The predicted molar refractivity (Wildman–Crippen MR) is 158 cm³/mol. The molecule has 12 heteroatoms. The maximum atomic E-state index is 11.5. The summed E-state index contributed by atoms with van der Waals surface area (Å²) in [7, 11) is -6.00. The van der Waals surface area contributed by atoms with E-state index in [0.717, 1.165) is 21.3 Å². The molecular weight excluding hydrogens is 591 g/mol. The van der Waals surface area contributed by atoms with E-state index in [1.165, 1.54) is 0 Å². The Labute approximate surface area is 235 Å². The first kappa shape index (κ1) is 29.4. The molecule has 0 atom stereocenters. The van der Waals surface area contributed by atoms with Gasteiger partial charge in [0.1, 0.15) is 0 Å². The van der Waals surface area contributed by atoms with Gasteiger partial charge < -0.3 is 19.1 Å². The van der Waals surface area contributed by atoms with Crippen molar-refractivity contribution in [3.05, 3.63) is 53.0 Å². The van der Waals surface area contributed by atoms with Crippen LogP contribution in [-0.4, -0.2) is 84.3 Å². The molecule has 0 aliphatic carbocycles. The van der Waals surface area contributed by atoms with E-state index >= 15 is 0 Å². The second-order valence-electron chi connectivity index (χ2n) is 10.9. The van der Waals surface area contributed by atoms with Crippen molar-refractivity contribution in [2.75, 3.05) is 59.0 Å². The molecule has 0 saturated carbocycles. The largest absolute Gasteiger partial charge is 0.494 e. The highest BCUT2D eigenvalue weighted by Gasteiger charge is 2.51. The van der Waals surface area contributed by atoms with Crippen molar-refractivity contribution >= 4 is 59.6 Å². The van der Waals surface area contributed by atoms with Crippen LogP contribution in [0.3, 0.4) is 0 Å². The van der Waals surface area contributed by atoms with Crippen LogP contribution in [0.1, 0.15) is 27.7 Å². The van der Waals surface area contributed by atoms with Crippen molar-refractivity contribution in [2.45, 2.75) is 38.9 Å². The number of benzene rings is 2. The summed E-state index contributed by atoms with van der Waals surface area (Å²) in [6.45, 7) is 10.5. The molecule has 3 aliphatic heterocycles. The molecule has 38 heavy (non-hydrogen) atoms. The Bertz CT molecular complexity index is 1290. The fraction of sp³-hybridized carbons (Fsp3) is 0.538. The number of halogens is 1. The Morgan fingerprint density at radius 1 is 0.658 bits per heavy atom. The zero-order valence-corrected chi connectivity index (χ0v) is 25.6. The molecule has 0 amide bonds. The highest BCUT2D eigenvalue weighted by Crippen LogP contribution is 2.36. The van der Waals surface area contributed by atoms with E-state index in [9.17, 15) is 16.8 Å². The second kappa shape index (κ2) is 11.1. The first-order valence-corrected chi connectivity index (χ1v) is 17.2. The zero-order chi connectivity index (χ0) is 27.8. The van der Waals surface area contributed by atoms with Gasteiger partial charge in [0, 0.05) is 42.0 Å². The number of hydrogen-bond acceptors (Lipinski definition) is 8. The molecule has 2 aromatic carbocycles. The number of hydrogen-bond donors (Lipinski definition) is 0. The van der Waals surface area contributed by atoms with Gasteiger partial charge in [-0.2, -0.15) is 0 Å². The zero-order valence-electron chi connectivity index (χ0n) is 22.4. The van der Waals surface area contributed by atoms with E-state index in [4.69, 9.17) is 9.31 Å². The van der Waals surface area contributed by atoms with Crippen LogP contribution >= 0.6 is 15.9 Å². The van der Waals surface area contributed by atoms with Crippen LogP contribution in [0.4, 0.5) is 11.4 Å². The Hall–Kier alpha value is -1.60. The summed E-state index contributed by atoms with van der Waals surface area (Å²) in [5.41, 5.74) is 2.42. The third kappa shape index (κ3) is 7.13. The van der Waals surface area contributed by atoms with Crippen molar-refractivity contribution in [3.63, 3.8) is 0 Å². The van der Waals surface area contributed by atoms with E-state index in [-0.39, 0.29) is 41.3 Å². The van der Waals surface area contributed by atoms with Gasteiger partial charge >= 0.3 is 7.12 Å². The van der Waals surface area contributed by atoms with Gasteiger partial charge in [-0.1, -0.05) is 28.1 Å². The summed E-state index contributed by atoms with van der Waals surface area (Å²) in [5.74, 6) is 0.990. The van der Waals surface area contributed by atoms with Crippen molar-refractivity contribution in [1.29, 1.82) is 0 Å². The lowest BCUT2D eigenvalue weighted by molar-refractivity contribution is 0.00578. The fourth-order valence-corrected chi connectivity index (χ4v) is 7.08. The third-order valence-electron chi connectivity index (χ3n) is 7.66. The topological polar surface area (TPSA) is 93.2 Å². The molecule has 0 radical (unpaired) electrons. The quantitative estimate of drug-likeness (QED) is 0.480. The normalized spacial score (nSPS) is 23.4. The van der Waals surface area contributed by atoms with Crippen LogP contribution in [0.15, 0.2) is 53.0 Å². The molecule has 208 valence electrons. The van der Waals surface area contributed by atoms with Crippen LogP contribution in [-0.2, 0) is 29.0 Å². The summed E-state index contributed by atoms with van der Waals surface area (Å²) in [6, 6.07) is 16.0. The summed E-state index contributed by atoms with van der Waals surface area (Å²) >= 11 is 3.37. The SMILES string of the molecule is CC1(C)OB(c2ccc(N3CCS(=O)(=O)CC3)cc2)OC1(C)C.O=S1(=O)CCN(c2ccc(Br)cc2)CC1. The van der Waals surface area contributed by atoms with Crippen molar-refractivity contribution in [2.24, 2.45) is 0 Å². The van der Waals surface area contributed by atoms with Crippen LogP contribution < -0.4 is 15.3 Å². The Morgan fingerprint density at radius 2 is 1.00 bits per heavy atom. The first-order valence-electron chi connectivity index (χ1n) is 12.8. The molecule has 3 saturated heterocycles. The van der Waals surface area contributed by atoms with Gasteiger partial charge in [0.05, 0.1) is 34.2 Å². The molecule has 2 aromatic rings. The molecular formula is C26H36BBrN2O6S2. The molecule has 0 aromatic heterocycles. The van der Waals surface area contributed by atoms with E-state index in [2.05, 4.69) is 25.7 Å². The summed E-state index contributed by atoms with van der Waals surface area (Å²) in [5, 5.41) is 0. The minimum atomic E-state index is -2.85. The number of rotatable bonds is 3. The minimum Gasteiger partial charge on any atom is -0.399 e. The van der Waals surface area contributed by atoms with Gasteiger partial charge in [-0.3, -0.25) is 0 Å². The molecule has 0 unspecified atom stereocenters. The number of nitrogens with zero attached hydrogens (tertiary/aromatic N) is 2. The van der Waals surface area contributed by atoms with Crippen LogP contribution in [0, 0.1) is 0 Å². The van der Waals surface area contributed by atoms with Crippen molar-refractivity contribution < 1.29 is 26.1 Å². The van der Waals surface area contributed by atoms with Gasteiger partial charge in [0.25, 0.3) is 0 Å². The maximum Gasteiger partial charge on any atom is 0.494 e. The Balaban J connectivity index is 0.000000194. The number of anilines is 2. The average Bonchev–Trinajstić information content (AvgIpc) is 3.07. The van der Waals surface area contributed by atoms with Crippen LogP contribution in [0.25, 0.3) is 0 Å².